The zero-order chi connectivity index (χ0) is 11.4. The maximum Gasteiger partial charge on any atom is 0.330 e. The monoisotopic (exact) mass is 220 g/mol. The van der Waals surface area contributed by atoms with Crippen molar-refractivity contribution < 1.29 is 19.0 Å². The molecule has 16 heavy (non-hydrogen) atoms. The largest absolute Gasteiger partial charge is 0.463 e. The van der Waals surface area contributed by atoms with E-state index in [2.05, 4.69) is 0 Å². The first kappa shape index (κ1) is 10.5. The Bertz CT molecular complexity index is 423. The fourth-order valence-corrected chi connectivity index (χ4v) is 1.43. The number of carbonyl (C=O) groups excluding carboxylic acids is 1. The van der Waals surface area contributed by atoms with Crippen molar-refractivity contribution in [3.63, 3.8) is 0 Å². The molecule has 0 spiro atoms. The summed E-state index contributed by atoms with van der Waals surface area (Å²) < 4.78 is 15.3. The van der Waals surface area contributed by atoms with Crippen LogP contribution >= 0.6 is 0 Å². The van der Waals surface area contributed by atoms with Crippen LogP contribution in [0.5, 0.6) is 11.5 Å². The van der Waals surface area contributed by atoms with Crippen molar-refractivity contribution in [2.75, 3.05) is 13.4 Å². The maximum atomic E-state index is 11.1. The molecule has 4 heteroatoms. The Morgan fingerprint density at radius 2 is 2.38 bits per heavy atom. The average Bonchev–Trinajstić information content (AvgIpc) is 2.75. The number of ether oxygens (including phenoxy) is 3. The van der Waals surface area contributed by atoms with Gasteiger partial charge in [-0.15, -0.1) is 0 Å². The predicted octanol–water partition coefficient (Wildman–Crippen LogP) is 1.99. The fraction of sp³-hybridized carbons (Fsp3) is 0.250. The second kappa shape index (κ2) is 4.70. The van der Waals surface area contributed by atoms with Crippen LogP contribution in [0.25, 0.3) is 6.08 Å². The predicted molar refractivity (Wildman–Crippen MR) is 58.2 cm³/mol. The van der Waals surface area contributed by atoms with Crippen LogP contribution in [0.2, 0.25) is 0 Å². The molecule has 0 atom stereocenters. The molecule has 0 aromatic heterocycles. The summed E-state index contributed by atoms with van der Waals surface area (Å²) in [5.41, 5.74) is 0.808. The van der Waals surface area contributed by atoms with Gasteiger partial charge in [-0.3, -0.25) is 0 Å². The third kappa shape index (κ3) is 2.16. The molecular weight excluding hydrogens is 208 g/mol. The molecule has 4 nitrogen and oxygen atoms in total. The minimum Gasteiger partial charge on any atom is -0.463 e. The van der Waals surface area contributed by atoms with E-state index in [1.54, 1.807) is 13.0 Å². The molecule has 0 unspecified atom stereocenters. The lowest BCUT2D eigenvalue weighted by molar-refractivity contribution is -0.137. The molecule has 0 amide bonds. The lowest BCUT2D eigenvalue weighted by Crippen LogP contribution is -1.98. The van der Waals surface area contributed by atoms with Gasteiger partial charge in [0.2, 0.25) is 6.79 Å². The fourth-order valence-electron chi connectivity index (χ4n) is 1.43. The molecule has 1 aromatic rings. The Kier molecular flexibility index (Phi) is 3.10. The number of benzene rings is 1. The van der Waals surface area contributed by atoms with Gasteiger partial charge in [-0.05, 0) is 19.1 Å². The lowest BCUT2D eigenvalue weighted by atomic mass is 10.2. The van der Waals surface area contributed by atoms with Crippen molar-refractivity contribution in [1.82, 2.24) is 0 Å². The van der Waals surface area contributed by atoms with Crippen LogP contribution in [0, 0.1) is 0 Å². The summed E-state index contributed by atoms with van der Waals surface area (Å²) in [6.45, 7) is 2.36. The molecule has 1 aromatic carbocycles. The molecule has 0 bridgehead atoms. The molecule has 1 heterocycles. The highest BCUT2D eigenvalue weighted by atomic mass is 16.7. The van der Waals surface area contributed by atoms with Gasteiger partial charge in [-0.2, -0.15) is 0 Å². The van der Waals surface area contributed by atoms with Gasteiger partial charge in [0.05, 0.1) is 6.61 Å². The molecular formula is C12H12O4. The standard InChI is InChI=1S/C12H12O4/c1-2-14-11(13)7-6-9-4-3-5-10-12(9)16-8-15-10/h3-7H,2,8H2,1H3. The van der Waals surface area contributed by atoms with Crippen molar-refractivity contribution in [2.45, 2.75) is 6.92 Å². The maximum absolute atomic E-state index is 11.1. The van der Waals surface area contributed by atoms with Crippen LogP contribution in [0.1, 0.15) is 12.5 Å². The molecule has 1 aliphatic heterocycles. The highest BCUT2D eigenvalue weighted by Gasteiger charge is 2.15. The Morgan fingerprint density at radius 1 is 1.50 bits per heavy atom. The first-order valence-corrected chi connectivity index (χ1v) is 5.04. The minimum absolute atomic E-state index is 0.222. The van der Waals surface area contributed by atoms with Crippen molar-refractivity contribution in [1.29, 1.82) is 0 Å². The van der Waals surface area contributed by atoms with Crippen LogP contribution in [0.3, 0.4) is 0 Å². The molecule has 0 aliphatic carbocycles. The van der Waals surface area contributed by atoms with E-state index in [9.17, 15) is 4.79 Å². The highest BCUT2D eigenvalue weighted by molar-refractivity contribution is 5.87. The van der Waals surface area contributed by atoms with Gasteiger partial charge in [0.25, 0.3) is 0 Å². The van der Waals surface area contributed by atoms with Crippen LogP contribution in [-0.4, -0.2) is 19.4 Å². The number of rotatable bonds is 3. The summed E-state index contributed by atoms with van der Waals surface area (Å²) in [6.07, 6.45) is 3.03. The molecule has 0 radical (unpaired) electrons. The van der Waals surface area contributed by atoms with Crippen molar-refractivity contribution in [3.8, 4) is 11.5 Å². The first-order valence-electron chi connectivity index (χ1n) is 5.04. The third-order valence-corrected chi connectivity index (χ3v) is 2.11. The summed E-state index contributed by atoms with van der Waals surface area (Å²) >= 11 is 0. The zero-order valence-corrected chi connectivity index (χ0v) is 8.93. The Hall–Kier alpha value is -1.97. The van der Waals surface area contributed by atoms with E-state index in [1.165, 1.54) is 6.08 Å². The molecule has 2 rings (SSSR count). The number of para-hydroxylation sites is 1. The van der Waals surface area contributed by atoms with Crippen LogP contribution in [0.4, 0.5) is 0 Å². The average molecular weight is 220 g/mol. The summed E-state index contributed by atoms with van der Waals surface area (Å²) in [4.78, 5) is 11.1. The number of esters is 1. The Labute approximate surface area is 93.4 Å². The van der Waals surface area contributed by atoms with Crippen LogP contribution in [-0.2, 0) is 9.53 Å². The lowest BCUT2D eigenvalue weighted by Gasteiger charge is -2.00. The summed E-state index contributed by atoms with van der Waals surface area (Å²) in [6, 6.07) is 5.52. The normalized spacial score (nSPS) is 13.1. The molecule has 0 saturated carbocycles. The summed E-state index contributed by atoms with van der Waals surface area (Å²) in [7, 11) is 0. The Morgan fingerprint density at radius 3 is 3.19 bits per heavy atom. The summed E-state index contributed by atoms with van der Waals surface area (Å²) in [5, 5.41) is 0. The molecule has 0 N–H and O–H groups in total. The second-order valence-electron chi connectivity index (χ2n) is 3.17. The highest BCUT2D eigenvalue weighted by Crippen LogP contribution is 2.35. The zero-order valence-electron chi connectivity index (χ0n) is 8.93. The van der Waals surface area contributed by atoms with Gasteiger partial charge in [0.1, 0.15) is 0 Å². The van der Waals surface area contributed by atoms with Gasteiger partial charge in [0, 0.05) is 11.6 Å². The number of carbonyl (C=O) groups is 1. The third-order valence-electron chi connectivity index (χ3n) is 2.11. The van der Waals surface area contributed by atoms with E-state index in [0.29, 0.717) is 18.1 Å². The molecule has 0 saturated heterocycles. The number of fused-ring (bicyclic) bond motifs is 1. The Balaban J connectivity index is 2.16. The summed E-state index contributed by atoms with van der Waals surface area (Å²) in [5.74, 6) is 1.01. The van der Waals surface area contributed by atoms with E-state index in [4.69, 9.17) is 14.2 Å². The van der Waals surface area contributed by atoms with Gasteiger partial charge in [0.15, 0.2) is 11.5 Å². The molecule has 84 valence electrons. The van der Waals surface area contributed by atoms with E-state index < -0.39 is 0 Å². The van der Waals surface area contributed by atoms with E-state index in [-0.39, 0.29) is 12.8 Å². The second-order valence-corrected chi connectivity index (χ2v) is 3.17. The quantitative estimate of drug-likeness (QED) is 0.577. The first-order chi connectivity index (χ1) is 7.81. The molecule has 1 aliphatic rings. The molecule has 0 fully saturated rings. The van der Waals surface area contributed by atoms with Crippen LogP contribution < -0.4 is 9.47 Å². The van der Waals surface area contributed by atoms with E-state index in [1.807, 2.05) is 18.2 Å². The van der Waals surface area contributed by atoms with Gasteiger partial charge in [-0.25, -0.2) is 4.79 Å². The van der Waals surface area contributed by atoms with Crippen molar-refractivity contribution in [3.05, 3.63) is 29.8 Å². The SMILES string of the molecule is CCOC(=O)C=Cc1cccc2c1OCO2. The topological polar surface area (TPSA) is 44.8 Å². The van der Waals surface area contributed by atoms with Gasteiger partial charge >= 0.3 is 5.97 Å². The van der Waals surface area contributed by atoms with Gasteiger partial charge in [-0.1, -0.05) is 12.1 Å². The van der Waals surface area contributed by atoms with Crippen molar-refractivity contribution in [2.24, 2.45) is 0 Å². The van der Waals surface area contributed by atoms with Crippen molar-refractivity contribution >= 4 is 12.0 Å². The minimum atomic E-state index is -0.362. The van der Waals surface area contributed by atoms with E-state index >= 15 is 0 Å². The van der Waals surface area contributed by atoms with Gasteiger partial charge < -0.3 is 14.2 Å². The number of hydrogen-bond acceptors (Lipinski definition) is 4. The number of hydrogen-bond donors (Lipinski definition) is 0. The van der Waals surface area contributed by atoms with E-state index in [0.717, 1.165) is 5.56 Å². The smallest absolute Gasteiger partial charge is 0.330 e. The van der Waals surface area contributed by atoms with Crippen LogP contribution in [0.15, 0.2) is 24.3 Å².